The number of hydrogen-bond acceptors (Lipinski definition) is 4. The van der Waals surface area contributed by atoms with Crippen molar-refractivity contribution in [3.8, 4) is 0 Å². The van der Waals surface area contributed by atoms with Gasteiger partial charge in [0.15, 0.2) is 0 Å². The van der Waals surface area contributed by atoms with Gasteiger partial charge in [0, 0.05) is 25.8 Å². The molecule has 0 aromatic rings. The van der Waals surface area contributed by atoms with Crippen LogP contribution in [0.1, 0.15) is 12.8 Å². The molecule has 1 aliphatic heterocycles. The van der Waals surface area contributed by atoms with Gasteiger partial charge in [0.05, 0.1) is 6.10 Å². The number of piperidine rings is 1. The van der Waals surface area contributed by atoms with Crippen LogP contribution in [0.2, 0.25) is 0 Å². The van der Waals surface area contributed by atoms with Crippen molar-refractivity contribution in [2.75, 3.05) is 26.3 Å². The second-order valence-electron chi connectivity index (χ2n) is 3.14. The van der Waals surface area contributed by atoms with Crippen LogP contribution in [0.3, 0.4) is 0 Å². The van der Waals surface area contributed by atoms with Crippen LogP contribution in [0.4, 0.5) is 0 Å². The largest absolute Gasteiger partial charge is 0.396 e. The summed E-state index contributed by atoms with van der Waals surface area (Å²) < 4.78 is 5.51. The quantitative estimate of drug-likeness (QED) is 0.482. The van der Waals surface area contributed by atoms with Crippen LogP contribution in [0.25, 0.3) is 0 Å². The molecule has 1 fully saturated rings. The van der Waals surface area contributed by atoms with Gasteiger partial charge in [0.1, 0.15) is 0 Å². The molecule has 2 unspecified atom stereocenters. The molecule has 0 radical (unpaired) electrons. The van der Waals surface area contributed by atoms with Crippen LogP contribution in [0, 0.1) is 0 Å². The zero-order chi connectivity index (χ0) is 8.81. The molecule has 0 spiro atoms. The molecule has 4 N–H and O–H groups in total. The van der Waals surface area contributed by atoms with Crippen LogP contribution in [0.15, 0.2) is 0 Å². The number of ether oxygens (including phenoxy) is 1. The highest BCUT2D eigenvalue weighted by molar-refractivity contribution is 4.81. The zero-order valence-electron chi connectivity index (χ0n) is 7.33. The monoisotopic (exact) mass is 174 g/mol. The average molecular weight is 174 g/mol. The summed E-state index contributed by atoms with van der Waals surface area (Å²) in [5.41, 5.74) is 5.81. The Morgan fingerprint density at radius 3 is 3.08 bits per heavy atom. The molecular formula is C8H18N2O2. The highest BCUT2D eigenvalue weighted by atomic mass is 16.5. The Balaban J connectivity index is 2.11. The fourth-order valence-electron chi connectivity index (χ4n) is 1.36. The third kappa shape index (κ3) is 3.06. The predicted molar refractivity (Wildman–Crippen MR) is 46.9 cm³/mol. The smallest absolute Gasteiger partial charge is 0.0750 e. The molecule has 72 valence electrons. The van der Waals surface area contributed by atoms with Gasteiger partial charge in [-0.15, -0.1) is 0 Å². The van der Waals surface area contributed by atoms with Gasteiger partial charge < -0.3 is 20.9 Å². The maximum atomic E-state index is 8.54. The van der Waals surface area contributed by atoms with E-state index in [1.807, 2.05) is 0 Å². The normalized spacial score (nSPS) is 30.5. The summed E-state index contributed by atoms with van der Waals surface area (Å²) in [5.74, 6) is 0. The van der Waals surface area contributed by atoms with E-state index in [-0.39, 0.29) is 18.8 Å². The van der Waals surface area contributed by atoms with Crippen molar-refractivity contribution in [1.29, 1.82) is 0 Å². The van der Waals surface area contributed by atoms with E-state index in [1.54, 1.807) is 0 Å². The lowest BCUT2D eigenvalue weighted by atomic mass is 10.1. The first-order chi connectivity index (χ1) is 5.84. The summed E-state index contributed by atoms with van der Waals surface area (Å²) in [5, 5.41) is 11.7. The fraction of sp³-hybridized carbons (Fsp3) is 1.00. The topological polar surface area (TPSA) is 67.5 Å². The van der Waals surface area contributed by atoms with Crippen molar-refractivity contribution < 1.29 is 9.84 Å². The van der Waals surface area contributed by atoms with Gasteiger partial charge in [-0.2, -0.15) is 0 Å². The Kier molecular flexibility index (Phi) is 4.53. The molecule has 0 aliphatic carbocycles. The molecule has 0 aromatic carbocycles. The molecule has 0 saturated carbocycles. The molecular weight excluding hydrogens is 156 g/mol. The summed E-state index contributed by atoms with van der Waals surface area (Å²) >= 11 is 0. The van der Waals surface area contributed by atoms with Gasteiger partial charge in [-0.05, 0) is 19.4 Å². The number of nitrogens with one attached hydrogen (secondary N) is 1. The second-order valence-corrected chi connectivity index (χ2v) is 3.14. The van der Waals surface area contributed by atoms with Crippen molar-refractivity contribution in [2.24, 2.45) is 5.73 Å². The first-order valence-corrected chi connectivity index (χ1v) is 4.53. The van der Waals surface area contributed by atoms with Gasteiger partial charge >= 0.3 is 0 Å². The Morgan fingerprint density at radius 2 is 2.42 bits per heavy atom. The lowest BCUT2D eigenvalue weighted by Gasteiger charge is -2.29. The maximum Gasteiger partial charge on any atom is 0.0750 e. The predicted octanol–water partition coefficient (Wildman–Crippen LogP) is -0.925. The van der Waals surface area contributed by atoms with Crippen molar-refractivity contribution in [2.45, 2.75) is 25.0 Å². The minimum Gasteiger partial charge on any atom is -0.396 e. The molecule has 1 saturated heterocycles. The molecule has 12 heavy (non-hydrogen) atoms. The number of nitrogens with two attached hydrogens (primary N) is 1. The number of aliphatic hydroxyl groups excluding tert-OH is 1. The average Bonchev–Trinajstić information content (AvgIpc) is 2.09. The van der Waals surface area contributed by atoms with Crippen LogP contribution < -0.4 is 11.1 Å². The van der Waals surface area contributed by atoms with E-state index >= 15 is 0 Å². The van der Waals surface area contributed by atoms with Crippen molar-refractivity contribution in [3.05, 3.63) is 0 Å². The van der Waals surface area contributed by atoms with Crippen molar-refractivity contribution in [3.63, 3.8) is 0 Å². The van der Waals surface area contributed by atoms with Gasteiger partial charge in [-0.1, -0.05) is 0 Å². The van der Waals surface area contributed by atoms with Gasteiger partial charge in [0.25, 0.3) is 0 Å². The van der Waals surface area contributed by atoms with E-state index in [1.165, 1.54) is 0 Å². The number of rotatable bonds is 4. The molecule has 1 aliphatic rings. The maximum absolute atomic E-state index is 8.54. The summed E-state index contributed by atoms with van der Waals surface area (Å²) in [6.07, 6.45) is 1.86. The summed E-state index contributed by atoms with van der Waals surface area (Å²) in [4.78, 5) is 0. The Labute approximate surface area is 73.1 Å². The molecule has 2 atom stereocenters. The molecule has 0 amide bonds. The van der Waals surface area contributed by atoms with E-state index in [9.17, 15) is 0 Å². The lowest BCUT2D eigenvalue weighted by Crippen LogP contribution is -2.50. The molecule has 1 rings (SSSR count). The highest BCUT2D eigenvalue weighted by Crippen LogP contribution is 2.06. The number of aliphatic hydroxyl groups is 1. The van der Waals surface area contributed by atoms with E-state index in [4.69, 9.17) is 15.6 Å². The zero-order valence-corrected chi connectivity index (χ0v) is 7.33. The third-order valence-corrected chi connectivity index (χ3v) is 2.10. The minimum absolute atomic E-state index is 0.109. The molecule has 0 bridgehead atoms. The van der Waals surface area contributed by atoms with Gasteiger partial charge in [-0.25, -0.2) is 0 Å². The first kappa shape index (κ1) is 9.92. The van der Waals surface area contributed by atoms with Gasteiger partial charge in [-0.3, -0.25) is 0 Å². The van der Waals surface area contributed by atoms with Crippen molar-refractivity contribution in [1.82, 2.24) is 5.32 Å². The molecule has 4 nitrogen and oxygen atoms in total. The Bertz CT molecular complexity index is 122. The van der Waals surface area contributed by atoms with Gasteiger partial charge in [0.2, 0.25) is 0 Å². The molecule has 0 aromatic heterocycles. The van der Waals surface area contributed by atoms with E-state index in [0.717, 1.165) is 19.5 Å². The van der Waals surface area contributed by atoms with E-state index in [0.29, 0.717) is 13.0 Å². The minimum atomic E-state index is 0.109. The third-order valence-electron chi connectivity index (χ3n) is 2.10. The SMILES string of the molecule is NC1CNCCC1OCCCO. The van der Waals surface area contributed by atoms with E-state index in [2.05, 4.69) is 5.32 Å². The fourth-order valence-corrected chi connectivity index (χ4v) is 1.36. The summed E-state index contributed by atoms with van der Waals surface area (Å²) in [7, 11) is 0. The Hall–Kier alpha value is -0.160. The molecule has 1 heterocycles. The lowest BCUT2D eigenvalue weighted by molar-refractivity contribution is 0.0137. The number of hydrogen-bond donors (Lipinski definition) is 3. The summed E-state index contributed by atoms with van der Waals surface area (Å²) in [6, 6.07) is 0.109. The first-order valence-electron chi connectivity index (χ1n) is 4.53. The van der Waals surface area contributed by atoms with Crippen molar-refractivity contribution >= 4 is 0 Å². The van der Waals surface area contributed by atoms with Crippen LogP contribution in [-0.2, 0) is 4.74 Å². The molecule has 4 heteroatoms. The van der Waals surface area contributed by atoms with Crippen LogP contribution in [0.5, 0.6) is 0 Å². The summed E-state index contributed by atoms with van der Waals surface area (Å²) in [6.45, 7) is 2.64. The van der Waals surface area contributed by atoms with E-state index < -0.39 is 0 Å². The highest BCUT2D eigenvalue weighted by Gasteiger charge is 2.21. The Morgan fingerprint density at radius 1 is 1.58 bits per heavy atom. The second kappa shape index (κ2) is 5.48. The van der Waals surface area contributed by atoms with Crippen LogP contribution >= 0.6 is 0 Å². The standard InChI is InChI=1S/C8H18N2O2/c9-7-6-10-3-2-8(7)12-5-1-4-11/h7-8,10-11H,1-6,9H2. The van der Waals surface area contributed by atoms with Crippen LogP contribution in [-0.4, -0.2) is 43.6 Å².